The average molecular weight is 362 g/mol. The zero-order chi connectivity index (χ0) is 18.7. The molecule has 0 radical (unpaired) electrons. The number of hydrogen-bond acceptors (Lipinski definition) is 2. The normalized spacial score (nSPS) is 16.8. The van der Waals surface area contributed by atoms with Crippen LogP contribution in [-0.4, -0.2) is 12.3 Å². The van der Waals surface area contributed by atoms with Gasteiger partial charge in [0.1, 0.15) is 0 Å². The molecule has 2 rings (SSSR count). The summed E-state index contributed by atoms with van der Waals surface area (Å²) < 4.78 is -0.350. The largest absolute Gasteiger partial charge is 0.330 e. The Kier molecular flexibility index (Phi) is 8.28. The van der Waals surface area contributed by atoms with Crippen LogP contribution in [0.15, 0.2) is 90.1 Å². The summed E-state index contributed by atoms with van der Waals surface area (Å²) in [5.41, 5.74) is 9.58. The molecular weight excluding hydrogens is 334 g/mol. The van der Waals surface area contributed by atoms with Crippen molar-refractivity contribution in [3.8, 4) is 12.3 Å². The predicted octanol–water partition coefficient (Wildman–Crippen LogP) is 5.54. The summed E-state index contributed by atoms with van der Waals surface area (Å²) in [5, 5.41) is 0. The summed E-state index contributed by atoms with van der Waals surface area (Å²) in [4.78, 5) is 0. The molecule has 2 heteroatoms. The van der Waals surface area contributed by atoms with Gasteiger partial charge in [0.2, 0.25) is 0 Å². The molecule has 1 aromatic rings. The van der Waals surface area contributed by atoms with E-state index in [0.717, 1.165) is 18.6 Å². The van der Waals surface area contributed by atoms with Crippen LogP contribution in [0.4, 0.5) is 0 Å². The first-order chi connectivity index (χ1) is 12.8. The minimum atomic E-state index is -0.350. The van der Waals surface area contributed by atoms with E-state index in [4.69, 9.17) is 12.2 Å². The van der Waals surface area contributed by atoms with E-state index in [1.807, 2.05) is 24.8 Å². The van der Waals surface area contributed by atoms with E-state index in [2.05, 4.69) is 78.8 Å². The number of thioether (sulfide) groups is 1. The van der Waals surface area contributed by atoms with Crippen LogP contribution in [-0.2, 0) is 4.75 Å². The number of rotatable bonds is 8. The first kappa shape index (κ1) is 20.1. The van der Waals surface area contributed by atoms with Gasteiger partial charge in [-0.05, 0) is 42.6 Å². The highest BCUT2D eigenvalue weighted by Gasteiger charge is 2.38. The lowest BCUT2D eigenvalue weighted by molar-refractivity contribution is 0.836. The molecule has 0 fully saturated rings. The van der Waals surface area contributed by atoms with Crippen LogP contribution in [0.2, 0.25) is 0 Å². The minimum Gasteiger partial charge on any atom is -0.330 e. The zero-order valence-corrected chi connectivity index (χ0v) is 16.2. The molecule has 0 spiro atoms. The van der Waals surface area contributed by atoms with Crippen LogP contribution >= 0.6 is 11.8 Å². The molecule has 1 nitrogen and oxygen atoms in total. The molecule has 1 atom stereocenters. The lowest BCUT2D eigenvalue weighted by atomic mass is 9.81. The molecule has 0 aromatic heterocycles. The molecular formula is C24H27NS. The number of terminal acetylenes is 1. The third kappa shape index (κ3) is 4.69. The Hall–Kier alpha value is -2.21. The van der Waals surface area contributed by atoms with E-state index in [0.29, 0.717) is 6.54 Å². The van der Waals surface area contributed by atoms with Crippen LogP contribution < -0.4 is 5.73 Å². The maximum atomic E-state index is 5.90. The fraction of sp³-hybridized carbons (Fsp3) is 0.250. The summed E-state index contributed by atoms with van der Waals surface area (Å²) in [6.45, 7) is 2.66. The van der Waals surface area contributed by atoms with Crippen LogP contribution in [0.5, 0.6) is 0 Å². The average Bonchev–Trinajstić information content (AvgIpc) is 2.97. The molecule has 1 unspecified atom stereocenters. The van der Waals surface area contributed by atoms with E-state index in [1.54, 1.807) is 0 Å². The van der Waals surface area contributed by atoms with Crippen LogP contribution in [0, 0.1) is 12.3 Å². The van der Waals surface area contributed by atoms with Crippen molar-refractivity contribution in [2.45, 2.75) is 24.5 Å². The molecule has 26 heavy (non-hydrogen) atoms. The SMILES string of the molecule is C#C/C=C(\C/C=C\C)C(SCCN)(C1=CC=CCC=C1)c1ccccc1. The van der Waals surface area contributed by atoms with Crippen molar-refractivity contribution in [1.29, 1.82) is 0 Å². The van der Waals surface area contributed by atoms with Gasteiger partial charge in [-0.15, -0.1) is 18.2 Å². The van der Waals surface area contributed by atoms with Crippen molar-refractivity contribution in [1.82, 2.24) is 0 Å². The Morgan fingerprint density at radius 3 is 2.81 bits per heavy atom. The van der Waals surface area contributed by atoms with Gasteiger partial charge >= 0.3 is 0 Å². The summed E-state index contributed by atoms with van der Waals surface area (Å²) in [6, 6.07) is 10.6. The Morgan fingerprint density at radius 1 is 1.31 bits per heavy atom. The van der Waals surface area contributed by atoms with E-state index in [-0.39, 0.29) is 4.75 Å². The molecule has 0 aliphatic heterocycles. The fourth-order valence-corrected chi connectivity index (χ4v) is 4.50. The predicted molar refractivity (Wildman–Crippen MR) is 117 cm³/mol. The summed E-state index contributed by atoms with van der Waals surface area (Å²) >= 11 is 1.86. The van der Waals surface area contributed by atoms with Crippen LogP contribution in [0.3, 0.4) is 0 Å². The molecule has 1 aliphatic rings. The van der Waals surface area contributed by atoms with E-state index in [1.165, 1.54) is 16.7 Å². The Morgan fingerprint density at radius 2 is 2.12 bits per heavy atom. The highest BCUT2D eigenvalue weighted by atomic mass is 32.2. The first-order valence-electron chi connectivity index (χ1n) is 8.99. The number of allylic oxidation sites excluding steroid dienone is 8. The first-order valence-corrected chi connectivity index (χ1v) is 9.98. The second kappa shape index (κ2) is 10.7. The lowest BCUT2D eigenvalue weighted by Gasteiger charge is -2.37. The summed E-state index contributed by atoms with van der Waals surface area (Å²) in [7, 11) is 0. The van der Waals surface area contributed by atoms with Gasteiger partial charge in [-0.2, -0.15) is 0 Å². The van der Waals surface area contributed by atoms with Gasteiger partial charge in [0.05, 0.1) is 4.75 Å². The Balaban J connectivity index is 2.74. The van der Waals surface area contributed by atoms with Gasteiger partial charge in [0.25, 0.3) is 0 Å². The van der Waals surface area contributed by atoms with Crippen molar-refractivity contribution in [3.05, 3.63) is 95.6 Å². The summed E-state index contributed by atoms with van der Waals surface area (Å²) in [5.74, 6) is 3.62. The smallest absolute Gasteiger partial charge is 0.0879 e. The third-order valence-electron chi connectivity index (χ3n) is 4.29. The monoisotopic (exact) mass is 361 g/mol. The van der Waals surface area contributed by atoms with Crippen molar-refractivity contribution in [2.24, 2.45) is 5.73 Å². The van der Waals surface area contributed by atoms with Gasteiger partial charge in [-0.25, -0.2) is 0 Å². The molecule has 0 saturated heterocycles. The fourth-order valence-electron chi connectivity index (χ4n) is 3.15. The van der Waals surface area contributed by atoms with Gasteiger partial charge in [0.15, 0.2) is 0 Å². The zero-order valence-electron chi connectivity index (χ0n) is 15.4. The quantitative estimate of drug-likeness (QED) is 0.486. The highest BCUT2D eigenvalue weighted by Crippen LogP contribution is 2.50. The topological polar surface area (TPSA) is 26.0 Å². The maximum absolute atomic E-state index is 5.90. The van der Waals surface area contributed by atoms with Crippen molar-refractivity contribution < 1.29 is 0 Å². The Labute approximate surface area is 162 Å². The van der Waals surface area contributed by atoms with E-state index in [9.17, 15) is 0 Å². The number of hydrogen-bond donors (Lipinski definition) is 1. The number of benzene rings is 1. The van der Waals surface area contributed by atoms with Gasteiger partial charge in [0, 0.05) is 12.3 Å². The van der Waals surface area contributed by atoms with Crippen LogP contribution in [0.1, 0.15) is 25.3 Å². The molecule has 0 heterocycles. The second-order valence-corrected chi connectivity index (χ2v) is 7.29. The molecule has 2 N–H and O–H groups in total. The molecule has 0 saturated carbocycles. The number of nitrogens with two attached hydrogens (primary N) is 1. The van der Waals surface area contributed by atoms with E-state index < -0.39 is 0 Å². The van der Waals surface area contributed by atoms with Gasteiger partial charge in [-0.3, -0.25) is 0 Å². The highest BCUT2D eigenvalue weighted by molar-refractivity contribution is 8.00. The molecule has 134 valence electrons. The standard InChI is InChI=1S/C24H27NS/c1-3-5-14-21(13-4-2)24(26-20-19-25,23-17-11-8-12-18-23)22-15-9-6-7-10-16-22/h2-3,5-6,8-13,15-18H,7,14,19-20,25H2,1H3/b5-3-,21-13+. The maximum Gasteiger partial charge on any atom is 0.0879 e. The van der Waals surface area contributed by atoms with Gasteiger partial charge in [-0.1, -0.05) is 78.8 Å². The van der Waals surface area contributed by atoms with Crippen molar-refractivity contribution in [3.63, 3.8) is 0 Å². The van der Waals surface area contributed by atoms with Crippen LogP contribution in [0.25, 0.3) is 0 Å². The molecule has 1 aliphatic carbocycles. The molecule has 0 amide bonds. The van der Waals surface area contributed by atoms with Gasteiger partial charge < -0.3 is 5.73 Å². The third-order valence-corrected chi connectivity index (χ3v) is 5.89. The molecule has 1 aromatic carbocycles. The lowest BCUT2D eigenvalue weighted by Crippen LogP contribution is -2.29. The molecule has 0 bridgehead atoms. The Bertz CT molecular complexity index is 759. The second-order valence-electron chi connectivity index (χ2n) is 5.98. The summed E-state index contributed by atoms with van der Waals surface area (Å²) in [6.07, 6.45) is 24.6. The van der Waals surface area contributed by atoms with E-state index >= 15 is 0 Å². The van der Waals surface area contributed by atoms with Crippen molar-refractivity contribution >= 4 is 11.8 Å². The van der Waals surface area contributed by atoms with Crippen molar-refractivity contribution in [2.75, 3.05) is 12.3 Å². The minimum absolute atomic E-state index is 0.350.